The fourth-order valence-corrected chi connectivity index (χ4v) is 1.52. The molecule has 0 aliphatic carbocycles. The van der Waals surface area contributed by atoms with Gasteiger partial charge < -0.3 is 8.92 Å². The van der Waals surface area contributed by atoms with Crippen LogP contribution in [0, 0.1) is 0 Å². The molecule has 14 heavy (non-hydrogen) atoms. The summed E-state index contributed by atoms with van der Waals surface area (Å²) in [6.07, 6.45) is 5.09. The number of carbonyl (C=O) groups is 1. The predicted molar refractivity (Wildman–Crippen MR) is 61.8 cm³/mol. The second kappa shape index (κ2) is 5.61. The summed E-state index contributed by atoms with van der Waals surface area (Å²) in [4.78, 5) is 9.87. The summed E-state index contributed by atoms with van der Waals surface area (Å²) >= 11 is 0. The molecule has 0 radical (unpaired) electrons. The molecule has 0 rings (SSSR count). The minimum atomic E-state index is -1.03. The molecule has 0 aliphatic heterocycles. The lowest BCUT2D eigenvalue weighted by atomic mass is 10.3. The van der Waals surface area contributed by atoms with Gasteiger partial charge in [0, 0.05) is 11.2 Å². The van der Waals surface area contributed by atoms with Gasteiger partial charge >= 0.3 is 0 Å². The third-order valence-electron chi connectivity index (χ3n) is 2.33. The molecule has 0 spiro atoms. The van der Waals surface area contributed by atoms with Gasteiger partial charge in [0.1, 0.15) is 0 Å². The molecule has 0 aromatic carbocycles. The molecule has 0 aliphatic rings. The molecule has 0 heterocycles. The van der Waals surface area contributed by atoms with Gasteiger partial charge in [0.15, 0.2) is 0 Å². The van der Waals surface area contributed by atoms with Gasteiger partial charge in [0.05, 0.1) is 13.2 Å². The zero-order valence-corrected chi connectivity index (χ0v) is 10.6. The van der Waals surface area contributed by atoms with E-state index >= 15 is 0 Å². The molecule has 3 nitrogen and oxygen atoms in total. The molecular weight excluding hydrogens is 200 g/mol. The van der Waals surface area contributed by atoms with E-state index in [0.717, 1.165) is 6.42 Å². The van der Waals surface area contributed by atoms with Crippen molar-refractivity contribution < 1.29 is 13.7 Å². The Morgan fingerprint density at radius 2 is 1.79 bits per heavy atom. The average molecular weight is 222 g/mol. The Kier molecular flexibility index (Phi) is 5.52. The van der Waals surface area contributed by atoms with Crippen LogP contribution in [-0.4, -0.2) is 36.9 Å². The van der Waals surface area contributed by atoms with Crippen LogP contribution in [0.4, 0.5) is 0 Å². The lowest BCUT2D eigenvalue weighted by Gasteiger charge is -2.43. The number of ether oxygens (including phenoxy) is 1. The van der Waals surface area contributed by atoms with Crippen LogP contribution in [0.15, 0.2) is 0 Å². The monoisotopic (exact) mass is 222 g/mol. The average Bonchev–Trinajstić information content (AvgIpc) is 2.02. The van der Waals surface area contributed by atoms with E-state index in [1.807, 2.05) is 0 Å². The van der Waals surface area contributed by atoms with Gasteiger partial charge in [-0.25, -0.2) is 0 Å². The molecular formula is C10H22O3S. The zero-order chi connectivity index (χ0) is 11.2. The van der Waals surface area contributed by atoms with Crippen LogP contribution >= 0.6 is 10.3 Å². The summed E-state index contributed by atoms with van der Waals surface area (Å²) in [5.41, 5.74) is 0. The van der Waals surface area contributed by atoms with Crippen molar-refractivity contribution in [2.45, 2.75) is 31.9 Å². The first-order valence-corrected chi connectivity index (χ1v) is 7.11. The zero-order valence-electron chi connectivity index (χ0n) is 9.83. The van der Waals surface area contributed by atoms with E-state index in [4.69, 9.17) is 4.18 Å². The first kappa shape index (κ1) is 13.8. The number of hydrogen-bond acceptors (Lipinski definition) is 3. The van der Waals surface area contributed by atoms with Crippen molar-refractivity contribution in [3.05, 3.63) is 0 Å². The first-order chi connectivity index (χ1) is 6.31. The highest BCUT2D eigenvalue weighted by molar-refractivity contribution is 8.29. The maximum absolute atomic E-state index is 9.87. The van der Waals surface area contributed by atoms with E-state index in [-0.39, 0.29) is 4.75 Å². The Bertz CT molecular complexity index is 173. The molecule has 86 valence electrons. The summed E-state index contributed by atoms with van der Waals surface area (Å²) in [6.45, 7) is 8.14. The van der Waals surface area contributed by atoms with Crippen molar-refractivity contribution in [3.63, 3.8) is 0 Å². The summed E-state index contributed by atoms with van der Waals surface area (Å²) in [5, 5.41) is 0. The van der Waals surface area contributed by atoms with Crippen molar-refractivity contribution in [3.8, 4) is 0 Å². The third kappa shape index (κ3) is 4.86. The lowest BCUT2D eigenvalue weighted by Crippen LogP contribution is -2.25. The van der Waals surface area contributed by atoms with Gasteiger partial charge in [-0.05, 0) is 12.5 Å². The minimum Gasteiger partial charge on any atom is -0.468 e. The Balaban J connectivity index is 3.72. The molecule has 0 bridgehead atoms. The topological polar surface area (TPSA) is 35.5 Å². The molecule has 0 aromatic rings. The summed E-state index contributed by atoms with van der Waals surface area (Å²) in [5.74, 6) is 0. The minimum absolute atomic E-state index is 0.193. The molecule has 0 N–H and O–H groups in total. The normalized spacial score (nSPS) is 13.8. The van der Waals surface area contributed by atoms with Gasteiger partial charge in [-0.3, -0.25) is 4.79 Å². The molecule has 0 saturated heterocycles. The predicted octanol–water partition coefficient (Wildman–Crippen LogP) is 2.34. The maximum Gasteiger partial charge on any atom is 0.293 e. The molecule has 0 aromatic heterocycles. The van der Waals surface area contributed by atoms with E-state index in [9.17, 15) is 4.79 Å². The molecule has 4 heteroatoms. The maximum atomic E-state index is 9.87. The molecule has 0 amide bonds. The van der Waals surface area contributed by atoms with Gasteiger partial charge in [-0.1, -0.05) is 20.8 Å². The van der Waals surface area contributed by atoms with Gasteiger partial charge in [-0.2, -0.15) is 0 Å². The Morgan fingerprint density at radius 1 is 1.21 bits per heavy atom. The van der Waals surface area contributed by atoms with E-state index in [1.54, 1.807) is 0 Å². The first-order valence-electron chi connectivity index (χ1n) is 4.74. The number of hydrogen-bond donors (Lipinski definition) is 0. The smallest absolute Gasteiger partial charge is 0.293 e. The number of rotatable bonds is 6. The van der Waals surface area contributed by atoms with Crippen molar-refractivity contribution in [2.75, 3.05) is 25.7 Å². The number of carbonyl (C=O) groups excluding carboxylic acids is 1. The fraction of sp³-hybridized carbons (Fsp3) is 0.900. The van der Waals surface area contributed by atoms with Crippen LogP contribution in [0.3, 0.4) is 0 Å². The van der Waals surface area contributed by atoms with Crippen LogP contribution in [-0.2, 0) is 13.7 Å². The highest BCUT2D eigenvalue weighted by atomic mass is 32.3. The summed E-state index contributed by atoms with van der Waals surface area (Å²) in [7, 11) is -1.03. The van der Waals surface area contributed by atoms with Crippen LogP contribution in [0.5, 0.6) is 0 Å². The Hall–Kier alpha value is -0.220. The molecule has 0 fully saturated rings. The van der Waals surface area contributed by atoms with Gasteiger partial charge in [-0.15, -0.1) is 10.3 Å². The van der Waals surface area contributed by atoms with Crippen LogP contribution in [0.1, 0.15) is 27.2 Å². The van der Waals surface area contributed by atoms with Gasteiger partial charge in [0.25, 0.3) is 6.47 Å². The van der Waals surface area contributed by atoms with E-state index in [2.05, 4.69) is 38.0 Å². The summed E-state index contributed by atoms with van der Waals surface area (Å²) < 4.78 is 10.6. The molecule has 0 unspecified atom stereocenters. The van der Waals surface area contributed by atoms with E-state index in [1.165, 1.54) is 0 Å². The highest BCUT2D eigenvalue weighted by Gasteiger charge is 2.28. The Labute approximate surface area is 88.7 Å². The standard InChI is InChI=1S/C10H22O3S/c1-10(2,3)14(4,5)13-8-6-7-12-9-11/h9H,6-8H2,1-5H3. The van der Waals surface area contributed by atoms with Crippen LogP contribution < -0.4 is 0 Å². The fourth-order valence-electron chi connectivity index (χ4n) is 0.634. The van der Waals surface area contributed by atoms with E-state index < -0.39 is 10.3 Å². The SMILES string of the molecule is CC(C)(C)S(C)(C)OCCCOC=O. The summed E-state index contributed by atoms with van der Waals surface area (Å²) in [6, 6.07) is 0. The Morgan fingerprint density at radius 3 is 2.21 bits per heavy atom. The largest absolute Gasteiger partial charge is 0.468 e. The van der Waals surface area contributed by atoms with Crippen molar-refractivity contribution in [1.29, 1.82) is 0 Å². The van der Waals surface area contributed by atoms with Gasteiger partial charge in [0.2, 0.25) is 0 Å². The van der Waals surface area contributed by atoms with Crippen molar-refractivity contribution in [1.82, 2.24) is 0 Å². The highest BCUT2D eigenvalue weighted by Crippen LogP contribution is 2.53. The quantitative estimate of drug-likeness (QED) is 0.511. The van der Waals surface area contributed by atoms with Crippen LogP contribution in [0.2, 0.25) is 0 Å². The second-order valence-electron chi connectivity index (χ2n) is 4.49. The second-order valence-corrected chi connectivity index (χ2v) is 8.41. The third-order valence-corrected chi connectivity index (χ3v) is 6.03. The van der Waals surface area contributed by atoms with E-state index in [0.29, 0.717) is 19.7 Å². The molecule has 0 saturated carbocycles. The van der Waals surface area contributed by atoms with Crippen LogP contribution in [0.25, 0.3) is 0 Å². The van der Waals surface area contributed by atoms with Crippen molar-refractivity contribution in [2.24, 2.45) is 0 Å². The van der Waals surface area contributed by atoms with Crippen molar-refractivity contribution >= 4 is 16.8 Å². The lowest BCUT2D eigenvalue weighted by molar-refractivity contribution is -0.128. The molecule has 0 atom stereocenters.